The van der Waals surface area contributed by atoms with Crippen LogP contribution in [0.15, 0.2) is 53.7 Å². The number of nitrogen functional groups attached to an aromatic ring is 1. The monoisotopic (exact) mass is 413 g/mol. The van der Waals surface area contributed by atoms with Crippen LogP contribution in [0.2, 0.25) is 5.02 Å². The number of nitrogens with two attached hydrogens (primary N) is 1. The summed E-state index contributed by atoms with van der Waals surface area (Å²) < 4.78 is 25.8. The second kappa shape index (κ2) is 6.57. The van der Waals surface area contributed by atoms with Gasteiger partial charge < -0.3 is 5.73 Å². The van der Waals surface area contributed by atoms with Crippen LogP contribution in [0.25, 0.3) is 28.0 Å². The van der Waals surface area contributed by atoms with Crippen molar-refractivity contribution < 1.29 is 8.42 Å². The molecule has 0 aliphatic carbocycles. The zero-order valence-electron chi connectivity index (χ0n) is 15.1. The van der Waals surface area contributed by atoms with E-state index in [2.05, 4.69) is 15.1 Å². The van der Waals surface area contributed by atoms with Gasteiger partial charge in [0.25, 0.3) is 0 Å². The Morgan fingerprint density at radius 1 is 1.07 bits per heavy atom. The number of benzene rings is 2. The highest BCUT2D eigenvalue weighted by atomic mass is 35.5. The van der Waals surface area contributed by atoms with E-state index >= 15 is 0 Å². The largest absolute Gasteiger partial charge is 0.383 e. The molecule has 2 N–H and O–H groups in total. The Balaban J connectivity index is 2.09. The first-order valence-corrected chi connectivity index (χ1v) is 10.6. The van der Waals surface area contributed by atoms with Crippen molar-refractivity contribution in [2.75, 3.05) is 12.0 Å². The molecule has 2 aromatic heterocycles. The Morgan fingerprint density at radius 2 is 1.82 bits per heavy atom. The first kappa shape index (κ1) is 18.4. The molecule has 0 aliphatic rings. The Kier molecular flexibility index (Phi) is 4.32. The second-order valence-electron chi connectivity index (χ2n) is 6.47. The van der Waals surface area contributed by atoms with E-state index in [9.17, 15) is 8.42 Å². The predicted molar refractivity (Wildman–Crippen MR) is 109 cm³/mol. The lowest BCUT2D eigenvalue weighted by atomic mass is 10.1. The summed E-state index contributed by atoms with van der Waals surface area (Å²) in [5.74, 6) is 0.315. The molecule has 0 radical (unpaired) electrons. The summed E-state index contributed by atoms with van der Waals surface area (Å²) in [5, 5.41) is 5.10. The Morgan fingerprint density at radius 3 is 2.50 bits per heavy atom. The molecule has 2 aromatic carbocycles. The molecule has 142 valence electrons. The van der Waals surface area contributed by atoms with Crippen LogP contribution in [0.1, 0.15) is 5.56 Å². The molecule has 0 saturated heterocycles. The normalized spacial score (nSPS) is 11.8. The Labute approximate surface area is 166 Å². The summed E-state index contributed by atoms with van der Waals surface area (Å²) in [6.07, 6.45) is 1.05. The van der Waals surface area contributed by atoms with Crippen LogP contribution in [-0.4, -0.2) is 34.4 Å². The number of aromatic nitrogens is 4. The van der Waals surface area contributed by atoms with Gasteiger partial charge in [0.1, 0.15) is 5.82 Å². The van der Waals surface area contributed by atoms with Gasteiger partial charge >= 0.3 is 0 Å². The fourth-order valence-corrected chi connectivity index (χ4v) is 3.66. The van der Waals surface area contributed by atoms with Crippen LogP contribution < -0.4 is 5.73 Å². The van der Waals surface area contributed by atoms with Crippen LogP contribution in [-0.2, 0) is 9.84 Å². The van der Waals surface area contributed by atoms with Crippen LogP contribution in [0, 0.1) is 6.92 Å². The van der Waals surface area contributed by atoms with E-state index in [1.807, 2.05) is 31.2 Å². The van der Waals surface area contributed by atoms with Gasteiger partial charge in [0.15, 0.2) is 5.65 Å². The highest BCUT2D eigenvalue weighted by Crippen LogP contribution is 2.33. The first-order valence-electron chi connectivity index (χ1n) is 8.33. The van der Waals surface area contributed by atoms with Gasteiger partial charge in [-0.25, -0.2) is 18.1 Å². The van der Waals surface area contributed by atoms with Crippen LogP contribution >= 0.6 is 11.6 Å². The molecule has 4 aromatic rings. The van der Waals surface area contributed by atoms with E-state index in [1.165, 1.54) is 4.68 Å². The maximum Gasteiger partial charge on any atom is 0.249 e. The Hall–Kier alpha value is -2.97. The minimum Gasteiger partial charge on any atom is -0.383 e. The van der Waals surface area contributed by atoms with E-state index in [0.29, 0.717) is 27.5 Å². The molecule has 28 heavy (non-hydrogen) atoms. The minimum absolute atomic E-state index is 0.199. The molecule has 0 spiro atoms. The topological polar surface area (TPSA) is 104 Å². The lowest BCUT2D eigenvalue weighted by molar-refractivity contribution is 0.593. The lowest BCUT2D eigenvalue weighted by Crippen LogP contribution is -2.05. The second-order valence-corrected chi connectivity index (χ2v) is 8.82. The number of hydrogen-bond donors (Lipinski definition) is 1. The van der Waals surface area contributed by atoms with Gasteiger partial charge in [0.2, 0.25) is 15.0 Å². The molecule has 0 fully saturated rings. The zero-order chi connectivity index (χ0) is 20.1. The molecule has 4 rings (SSSR count). The van der Waals surface area contributed by atoms with Crippen molar-refractivity contribution in [1.82, 2.24) is 19.7 Å². The van der Waals surface area contributed by atoms with Crippen molar-refractivity contribution in [2.45, 2.75) is 12.1 Å². The highest BCUT2D eigenvalue weighted by molar-refractivity contribution is 7.90. The maximum absolute atomic E-state index is 12.1. The first-order chi connectivity index (χ1) is 13.2. The lowest BCUT2D eigenvalue weighted by Gasteiger charge is -2.07. The molecule has 0 bridgehead atoms. The summed E-state index contributed by atoms with van der Waals surface area (Å²) in [6.45, 7) is 1.96. The van der Waals surface area contributed by atoms with E-state index in [4.69, 9.17) is 17.3 Å². The van der Waals surface area contributed by atoms with Crippen molar-refractivity contribution in [2.24, 2.45) is 0 Å². The molecule has 7 nitrogen and oxygen atoms in total. The fraction of sp³-hybridized carbons (Fsp3) is 0.105. The number of aryl methyl sites for hydroxylation is 1. The molecule has 0 aliphatic heterocycles. The maximum atomic E-state index is 12.1. The van der Waals surface area contributed by atoms with Gasteiger partial charge in [-0.3, -0.25) is 0 Å². The average Bonchev–Trinajstić information content (AvgIpc) is 2.97. The molecule has 0 amide bonds. The van der Waals surface area contributed by atoms with Gasteiger partial charge in [-0.05, 0) is 36.8 Å². The third-order valence-corrected chi connectivity index (χ3v) is 5.31. The van der Waals surface area contributed by atoms with Gasteiger partial charge in [-0.1, -0.05) is 35.9 Å². The fourth-order valence-electron chi connectivity index (χ4n) is 2.96. The number of fused-ring (bicyclic) bond motifs is 1. The van der Waals surface area contributed by atoms with Crippen LogP contribution in [0.4, 0.5) is 5.82 Å². The SMILES string of the molecule is Cc1cccc(-n2nc3nc(S(C)(=O)=O)nc(-c4cccc(Cl)c4)c3c2N)c1. The minimum atomic E-state index is -3.66. The molecular weight excluding hydrogens is 398 g/mol. The number of rotatable bonds is 3. The summed E-state index contributed by atoms with van der Waals surface area (Å²) in [7, 11) is -3.66. The summed E-state index contributed by atoms with van der Waals surface area (Å²) in [6, 6.07) is 14.6. The Bertz CT molecular complexity index is 1330. The van der Waals surface area contributed by atoms with Crippen LogP contribution in [0.3, 0.4) is 0 Å². The molecule has 0 unspecified atom stereocenters. The van der Waals surface area contributed by atoms with Gasteiger partial charge in [0.05, 0.1) is 16.8 Å². The van der Waals surface area contributed by atoms with Crippen LogP contribution in [0.5, 0.6) is 0 Å². The number of halogens is 1. The summed E-state index contributed by atoms with van der Waals surface area (Å²) in [4.78, 5) is 8.42. The van der Waals surface area contributed by atoms with E-state index in [1.54, 1.807) is 24.3 Å². The number of anilines is 1. The molecule has 2 heterocycles. The summed E-state index contributed by atoms with van der Waals surface area (Å²) >= 11 is 6.12. The number of nitrogens with zero attached hydrogens (tertiary/aromatic N) is 4. The van der Waals surface area contributed by atoms with E-state index < -0.39 is 9.84 Å². The third kappa shape index (κ3) is 3.21. The number of sulfone groups is 1. The van der Waals surface area contributed by atoms with Crippen molar-refractivity contribution in [3.05, 3.63) is 59.1 Å². The molecule has 0 saturated carbocycles. The predicted octanol–water partition coefficient (Wildman–Crippen LogP) is 3.43. The number of hydrogen-bond acceptors (Lipinski definition) is 6. The van der Waals surface area contributed by atoms with Gasteiger partial charge in [-0.2, -0.15) is 4.98 Å². The quantitative estimate of drug-likeness (QED) is 0.516. The standard InChI is InChI=1S/C19H16ClN5O2S/c1-11-5-3-8-14(9-11)25-17(21)15-16(12-6-4-7-13(20)10-12)22-19(28(2,26)27)23-18(15)24-25/h3-10H,21H2,1-2H3. The van der Waals surface area contributed by atoms with Crippen molar-refractivity contribution in [3.8, 4) is 16.9 Å². The van der Waals surface area contributed by atoms with Crippen molar-refractivity contribution in [3.63, 3.8) is 0 Å². The van der Waals surface area contributed by atoms with E-state index in [0.717, 1.165) is 17.5 Å². The van der Waals surface area contributed by atoms with Crippen molar-refractivity contribution >= 4 is 38.3 Å². The summed E-state index contributed by atoms with van der Waals surface area (Å²) in [5.41, 5.74) is 9.36. The smallest absolute Gasteiger partial charge is 0.249 e. The molecule has 0 atom stereocenters. The van der Waals surface area contributed by atoms with E-state index in [-0.39, 0.29) is 10.8 Å². The molecule has 9 heteroatoms. The average molecular weight is 414 g/mol. The van der Waals surface area contributed by atoms with Gasteiger partial charge in [-0.15, -0.1) is 5.10 Å². The highest BCUT2D eigenvalue weighted by Gasteiger charge is 2.22. The van der Waals surface area contributed by atoms with Gasteiger partial charge in [0, 0.05) is 16.8 Å². The molecular formula is C19H16ClN5O2S. The van der Waals surface area contributed by atoms with Crippen molar-refractivity contribution in [1.29, 1.82) is 0 Å². The zero-order valence-corrected chi connectivity index (χ0v) is 16.7. The third-order valence-electron chi connectivity index (χ3n) is 4.22.